The topological polar surface area (TPSA) is 111 Å². The fourth-order valence-corrected chi connectivity index (χ4v) is 5.28. The van der Waals surface area contributed by atoms with Gasteiger partial charge in [0.25, 0.3) is 5.91 Å². The van der Waals surface area contributed by atoms with Gasteiger partial charge in [0.2, 0.25) is 10.0 Å². The van der Waals surface area contributed by atoms with Crippen molar-refractivity contribution in [3.05, 3.63) is 48.0 Å². The first-order chi connectivity index (χ1) is 16.3. The molecule has 1 saturated heterocycles. The maximum absolute atomic E-state index is 13.1. The monoisotopic (exact) mass is 490 g/mol. The zero-order chi connectivity index (χ0) is 24.6. The molecule has 9 nitrogen and oxygen atoms in total. The van der Waals surface area contributed by atoms with E-state index in [2.05, 4.69) is 5.32 Å². The fourth-order valence-electron chi connectivity index (χ4n) is 3.58. The first kappa shape index (κ1) is 25.5. The molecule has 3 rings (SSSR count). The Morgan fingerprint density at radius 3 is 2.47 bits per heavy atom. The third-order valence-corrected chi connectivity index (χ3v) is 7.32. The molecule has 1 N–H and O–H groups in total. The molecule has 1 aliphatic rings. The van der Waals surface area contributed by atoms with Gasteiger partial charge in [0.15, 0.2) is 6.61 Å². The van der Waals surface area contributed by atoms with Crippen LogP contribution in [0.2, 0.25) is 0 Å². The highest BCUT2D eigenvalue weighted by Crippen LogP contribution is 2.31. The minimum Gasteiger partial charge on any atom is -0.495 e. The normalized spacial score (nSPS) is 14.3. The summed E-state index contributed by atoms with van der Waals surface area (Å²) < 4.78 is 43.4. The Morgan fingerprint density at radius 1 is 1.03 bits per heavy atom. The lowest BCUT2D eigenvalue weighted by atomic mass is 10.2. The molecule has 1 heterocycles. The molecule has 1 amide bonds. The molecule has 2 aromatic rings. The number of anilines is 1. The van der Waals surface area contributed by atoms with Crippen molar-refractivity contribution in [2.24, 2.45) is 0 Å². The SMILES string of the molecule is COc1ccc(NC(=O)COC(=O)CCOc2ccccc2C)cc1S(=O)(=O)N1CCCCC1. The van der Waals surface area contributed by atoms with Crippen molar-refractivity contribution >= 4 is 27.6 Å². The Bertz CT molecular complexity index is 1110. The van der Waals surface area contributed by atoms with Crippen molar-refractivity contribution in [1.29, 1.82) is 0 Å². The maximum atomic E-state index is 13.1. The van der Waals surface area contributed by atoms with Gasteiger partial charge in [-0.2, -0.15) is 4.31 Å². The van der Waals surface area contributed by atoms with E-state index in [-0.39, 0.29) is 29.4 Å². The molecule has 0 spiro atoms. The van der Waals surface area contributed by atoms with Crippen LogP contribution in [0.5, 0.6) is 11.5 Å². The Morgan fingerprint density at radius 2 is 1.76 bits per heavy atom. The number of methoxy groups -OCH3 is 1. The van der Waals surface area contributed by atoms with E-state index in [9.17, 15) is 18.0 Å². The summed E-state index contributed by atoms with van der Waals surface area (Å²) in [4.78, 5) is 24.2. The Kier molecular flexibility index (Phi) is 8.89. The minimum absolute atomic E-state index is 0.0115. The summed E-state index contributed by atoms with van der Waals surface area (Å²) in [6.45, 7) is 2.43. The Labute approximate surface area is 200 Å². The molecule has 1 fully saturated rings. The van der Waals surface area contributed by atoms with Gasteiger partial charge in [-0.05, 0) is 49.6 Å². The summed E-state index contributed by atoms with van der Waals surface area (Å²) >= 11 is 0. The summed E-state index contributed by atoms with van der Waals surface area (Å²) in [5.74, 6) is -0.280. The largest absolute Gasteiger partial charge is 0.495 e. The molecule has 0 aliphatic carbocycles. The summed E-state index contributed by atoms with van der Waals surface area (Å²) in [5, 5.41) is 2.57. The number of hydrogen-bond donors (Lipinski definition) is 1. The number of nitrogens with zero attached hydrogens (tertiary/aromatic N) is 1. The third kappa shape index (κ3) is 6.71. The van der Waals surface area contributed by atoms with Crippen LogP contribution in [0.25, 0.3) is 0 Å². The molecule has 0 unspecified atom stereocenters. The number of ether oxygens (including phenoxy) is 3. The van der Waals surface area contributed by atoms with Gasteiger partial charge in [-0.25, -0.2) is 8.42 Å². The molecule has 10 heteroatoms. The van der Waals surface area contributed by atoms with Crippen molar-refractivity contribution < 1.29 is 32.2 Å². The predicted octanol–water partition coefficient (Wildman–Crippen LogP) is 3.13. The highest BCUT2D eigenvalue weighted by molar-refractivity contribution is 7.89. The van der Waals surface area contributed by atoms with Crippen LogP contribution >= 0.6 is 0 Å². The van der Waals surface area contributed by atoms with Gasteiger partial charge in [-0.1, -0.05) is 24.6 Å². The smallest absolute Gasteiger partial charge is 0.309 e. The number of benzene rings is 2. The summed E-state index contributed by atoms with van der Waals surface area (Å²) in [6, 6.07) is 11.8. The lowest BCUT2D eigenvalue weighted by Gasteiger charge is -2.26. The average Bonchev–Trinajstić information content (AvgIpc) is 2.84. The van der Waals surface area contributed by atoms with Crippen LogP contribution in [0.15, 0.2) is 47.4 Å². The second-order valence-corrected chi connectivity index (χ2v) is 9.81. The number of para-hydroxylation sites is 1. The standard InChI is InChI=1S/C24H30N2O7S/c1-18-8-4-5-9-20(18)32-15-12-24(28)33-17-23(27)25-19-10-11-21(31-2)22(16-19)34(29,30)26-13-6-3-7-14-26/h4-5,8-11,16H,3,6-7,12-15,17H2,1-2H3,(H,25,27). The van der Waals surface area contributed by atoms with E-state index in [1.165, 1.54) is 29.6 Å². The van der Waals surface area contributed by atoms with Crippen LogP contribution in [-0.2, 0) is 24.3 Å². The van der Waals surface area contributed by atoms with Crippen molar-refractivity contribution in [2.75, 3.05) is 38.7 Å². The minimum atomic E-state index is -3.77. The quantitative estimate of drug-likeness (QED) is 0.509. The number of amides is 1. The number of nitrogens with one attached hydrogen (secondary N) is 1. The molecule has 0 aromatic heterocycles. The molecule has 0 saturated carbocycles. The number of carbonyl (C=O) groups excluding carboxylic acids is 2. The van der Waals surface area contributed by atoms with Gasteiger partial charge in [0, 0.05) is 18.8 Å². The molecule has 0 radical (unpaired) electrons. The average molecular weight is 491 g/mol. The van der Waals surface area contributed by atoms with E-state index in [0.29, 0.717) is 18.8 Å². The van der Waals surface area contributed by atoms with E-state index < -0.39 is 28.5 Å². The second kappa shape index (κ2) is 11.8. The lowest BCUT2D eigenvalue weighted by Crippen LogP contribution is -2.35. The number of aryl methyl sites for hydroxylation is 1. The number of piperidine rings is 1. The summed E-state index contributed by atoms with van der Waals surface area (Å²) in [7, 11) is -2.37. The number of hydrogen-bond acceptors (Lipinski definition) is 7. The van der Waals surface area contributed by atoms with E-state index in [0.717, 1.165) is 24.8 Å². The molecule has 1 aliphatic heterocycles. The number of esters is 1. The van der Waals surface area contributed by atoms with Crippen LogP contribution in [0.1, 0.15) is 31.2 Å². The van der Waals surface area contributed by atoms with Gasteiger partial charge in [0.1, 0.15) is 16.4 Å². The number of carbonyl (C=O) groups is 2. The zero-order valence-corrected chi connectivity index (χ0v) is 20.2. The number of rotatable bonds is 10. The van der Waals surface area contributed by atoms with Crippen molar-refractivity contribution in [3.8, 4) is 11.5 Å². The molecule has 0 bridgehead atoms. The van der Waals surface area contributed by atoms with E-state index in [4.69, 9.17) is 14.2 Å². The maximum Gasteiger partial charge on any atom is 0.309 e. The Balaban J connectivity index is 1.53. The van der Waals surface area contributed by atoms with E-state index >= 15 is 0 Å². The molecule has 0 atom stereocenters. The van der Waals surface area contributed by atoms with Crippen LogP contribution < -0.4 is 14.8 Å². The van der Waals surface area contributed by atoms with Crippen LogP contribution in [0, 0.1) is 6.92 Å². The molecular weight excluding hydrogens is 460 g/mol. The van der Waals surface area contributed by atoms with Crippen LogP contribution in [-0.4, -0.2) is 58.0 Å². The van der Waals surface area contributed by atoms with E-state index in [1.807, 2.05) is 31.2 Å². The van der Waals surface area contributed by atoms with Gasteiger partial charge in [0.05, 0.1) is 20.1 Å². The number of sulfonamides is 1. The van der Waals surface area contributed by atoms with Gasteiger partial charge < -0.3 is 19.5 Å². The van der Waals surface area contributed by atoms with E-state index in [1.54, 1.807) is 0 Å². The zero-order valence-electron chi connectivity index (χ0n) is 19.4. The van der Waals surface area contributed by atoms with Crippen molar-refractivity contribution in [3.63, 3.8) is 0 Å². The van der Waals surface area contributed by atoms with Gasteiger partial charge in [-0.3, -0.25) is 9.59 Å². The molecule has 34 heavy (non-hydrogen) atoms. The summed E-state index contributed by atoms with van der Waals surface area (Å²) in [5.41, 5.74) is 1.22. The molecule has 184 valence electrons. The Hall–Kier alpha value is -3.11. The first-order valence-electron chi connectivity index (χ1n) is 11.1. The second-order valence-electron chi connectivity index (χ2n) is 7.90. The van der Waals surface area contributed by atoms with Gasteiger partial charge >= 0.3 is 5.97 Å². The highest BCUT2D eigenvalue weighted by Gasteiger charge is 2.29. The van der Waals surface area contributed by atoms with Crippen molar-refractivity contribution in [2.45, 2.75) is 37.5 Å². The predicted molar refractivity (Wildman–Crippen MR) is 126 cm³/mol. The summed E-state index contributed by atoms with van der Waals surface area (Å²) in [6.07, 6.45) is 2.59. The molecule has 2 aromatic carbocycles. The lowest BCUT2D eigenvalue weighted by molar-refractivity contribution is -0.147. The highest BCUT2D eigenvalue weighted by atomic mass is 32.2. The molecular formula is C24H30N2O7S. The van der Waals surface area contributed by atoms with Crippen LogP contribution in [0.4, 0.5) is 5.69 Å². The first-order valence-corrected chi connectivity index (χ1v) is 12.6. The fraction of sp³-hybridized carbons (Fsp3) is 0.417. The van der Waals surface area contributed by atoms with Gasteiger partial charge in [-0.15, -0.1) is 0 Å². The van der Waals surface area contributed by atoms with Crippen LogP contribution in [0.3, 0.4) is 0 Å². The third-order valence-electron chi connectivity index (χ3n) is 5.40. The van der Waals surface area contributed by atoms with Crippen molar-refractivity contribution in [1.82, 2.24) is 4.31 Å².